The van der Waals surface area contributed by atoms with Gasteiger partial charge in [-0.25, -0.2) is 0 Å². The summed E-state index contributed by atoms with van der Waals surface area (Å²) in [4.78, 5) is 15.0. The lowest BCUT2D eigenvalue weighted by atomic mass is 9.85. The molecule has 0 amide bonds. The molecule has 132 valence electrons. The van der Waals surface area contributed by atoms with Crippen molar-refractivity contribution in [1.82, 2.24) is 0 Å². The Hall–Kier alpha value is -2.39. The van der Waals surface area contributed by atoms with Gasteiger partial charge in [0.15, 0.2) is 6.10 Å². The van der Waals surface area contributed by atoms with Crippen molar-refractivity contribution >= 4 is 18.1 Å². The van der Waals surface area contributed by atoms with E-state index in [2.05, 4.69) is 36.4 Å². The number of ether oxygens (including phenoxy) is 1. The molecule has 2 bridgehead atoms. The third kappa shape index (κ3) is 2.67. The first-order valence-electron chi connectivity index (χ1n) is 9.69. The van der Waals surface area contributed by atoms with Gasteiger partial charge >= 0.3 is 5.97 Å². The van der Waals surface area contributed by atoms with E-state index >= 15 is 0 Å². The van der Waals surface area contributed by atoms with Gasteiger partial charge in [-0.3, -0.25) is 4.79 Å². The second-order valence-electron chi connectivity index (χ2n) is 7.79. The molecule has 1 atom stereocenters. The van der Waals surface area contributed by atoms with Gasteiger partial charge in [-0.15, -0.1) is 0 Å². The first-order chi connectivity index (χ1) is 12.8. The number of nitrogens with one attached hydrogen (secondary N) is 1. The van der Waals surface area contributed by atoms with Crippen LogP contribution < -0.4 is 4.90 Å². The lowest BCUT2D eigenvalue weighted by molar-refractivity contribution is -0.920. The molecular formula is C23H24NO2+. The monoisotopic (exact) mass is 346 g/mol. The number of carbonyl (C=O) groups excluding carboxylic acids is 1. The average molecular weight is 346 g/mol. The number of quaternary nitrogens is 1. The van der Waals surface area contributed by atoms with Crippen LogP contribution in [0.2, 0.25) is 0 Å². The zero-order valence-electron chi connectivity index (χ0n) is 14.9. The van der Waals surface area contributed by atoms with Gasteiger partial charge in [-0.1, -0.05) is 60.7 Å². The molecule has 3 aliphatic heterocycles. The Bertz CT molecular complexity index is 815. The van der Waals surface area contributed by atoms with Gasteiger partial charge < -0.3 is 9.64 Å². The zero-order valence-corrected chi connectivity index (χ0v) is 14.9. The third-order valence-electron chi connectivity index (χ3n) is 6.31. The second kappa shape index (κ2) is 6.40. The van der Waals surface area contributed by atoms with E-state index in [4.69, 9.17) is 4.74 Å². The summed E-state index contributed by atoms with van der Waals surface area (Å²) in [5, 5.41) is 0. The van der Waals surface area contributed by atoms with Gasteiger partial charge in [0, 0.05) is 18.8 Å². The average Bonchev–Trinajstić information content (AvgIpc) is 2.86. The van der Waals surface area contributed by atoms with Crippen molar-refractivity contribution in [2.45, 2.75) is 24.9 Å². The van der Waals surface area contributed by atoms with Crippen LogP contribution in [0.3, 0.4) is 0 Å². The molecule has 2 aromatic carbocycles. The van der Waals surface area contributed by atoms with Crippen molar-refractivity contribution in [2.24, 2.45) is 5.92 Å². The number of benzene rings is 2. The van der Waals surface area contributed by atoms with E-state index in [0.29, 0.717) is 5.92 Å². The van der Waals surface area contributed by atoms with E-state index in [1.54, 1.807) is 4.90 Å². The molecular weight excluding hydrogens is 322 g/mol. The van der Waals surface area contributed by atoms with E-state index < -0.39 is 0 Å². The molecule has 3 saturated heterocycles. The molecule has 3 heteroatoms. The van der Waals surface area contributed by atoms with E-state index in [9.17, 15) is 4.79 Å². The third-order valence-corrected chi connectivity index (χ3v) is 6.31. The van der Waals surface area contributed by atoms with Gasteiger partial charge in [0.2, 0.25) is 0 Å². The van der Waals surface area contributed by atoms with Crippen molar-refractivity contribution in [3.05, 3.63) is 70.8 Å². The summed E-state index contributed by atoms with van der Waals surface area (Å²) in [5.41, 5.74) is 4.30. The summed E-state index contributed by atoms with van der Waals surface area (Å²) in [6.45, 7) is 3.44. The Morgan fingerprint density at radius 3 is 2.00 bits per heavy atom. The maximum Gasteiger partial charge on any atom is 0.318 e. The minimum atomic E-state index is -0.345. The standard InChI is InChI=1S/C23H23NO2/c25-23(26-21-15-24-13-11-18(21)12-14-24)22-19-7-3-1-5-16(19)9-10-17-6-2-4-8-20(17)22/h1-10,18,21-22H,11-15H2/p+1/t21-/m1/s1. The first kappa shape index (κ1) is 15.8. The Kier molecular flexibility index (Phi) is 3.90. The molecule has 0 unspecified atom stereocenters. The van der Waals surface area contributed by atoms with Crippen LogP contribution in [0.5, 0.6) is 0 Å². The van der Waals surface area contributed by atoms with Crippen molar-refractivity contribution in [3.8, 4) is 0 Å². The molecule has 1 aliphatic carbocycles. The molecule has 0 saturated carbocycles. The van der Waals surface area contributed by atoms with Gasteiger partial charge in [-0.2, -0.15) is 0 Å². The summed E-state index contributed by atoms with van der Waals surface area (Å²) in [5.74, 6) is 0.112. The number of esters is 1. The van der Waals surface area contributed by atoms with Crippen LogP contribution in [0.25, 0.3) is 12.2 Å². The van der Waals surface area contributed by atoms with E-state index in [0.717, 1.165) is 28.8 Å². The van der Waals surface area contributed by atoms with Crippen LogP contribution in [-0.2, 0) is 9.53 Å². The van der Waals surface area contributed by atoms with Crippen LogP contribution in [0.15, 0.2) is 48.5 Å². The fraction of sp³-hybridized carbons (Fsp3) is 0.348. The summed E-state index contributed by atoms with van der Waals surface area (Å²) >= 11 is 0. The van der Waals surface area contributed by atoms with Gasteiger partial charge in [0.1, 0.15) is 12.5 Å². The Balaban J connectivity index is 1.51. The number of rotatable bonds is 2. The fourth-order valence-electron chi connectivity index (χ4n) is 4.88. The first-order valence-corrected chi connectivity index (χ1v) is 9.69. The van der Waals surface area contributed by atoms with Crippen LogP contribution in [0.1, 0.15) is 41.0 Å². The molecule has 4 aliphatic rings. The zero-order chi connectivity index (χ0) is 17.5. The summed E-state index contributed by atoms with van der Waals surface area (Å²) in [7, 11) is 0. The normalized spacial score (nSPS) is 26.7. The fourth-order valence-corrected chi connectivity index (χ4v) is 4.88. The summed E-state index contributed by atoms with van der Waals surface area (Å²) in [6, 6.07) is 16.4. The Morgan fingerprint density at radius 1 is 0.885 bits per heavy atom. The second-order valence-corrected chi connectivity index (χ2v) is 7.79. The molecule has 0 radical (unpaired) electrons. The van der Waals surface area contributed by atoms with Gasteiger partial charge in [0.05, 0.1) is 13.1 Å². The highest BCUT2D eigenvalue weighted by atomic mass is 16.5. The SMILES string of the molecule is O=C(O[C@@H]1C[NH+]2CCC1CC2)C1c2ccccc2C=Cc2ccccc21. The predicted octanol–water partition coefficient (Wildman–Crippen LogP) is 2.52. The molecule has 3 fully saturated rings. The van der Waals surface area contributed by atoms with E-state index in [-0.39, 0.29) is 18.0 Å². The quantitative estimate of drug-likeness (QED) is 0.847. The summed E-state index contributed by atoms with van der Waals surface area (Å²) < 4.78 is 6.15. The molecule has 2 aromatic rings. The smallest absolute Gasteiger partial charge is 0.318 e. The maximum atomic E-state index is 13.4. The van der Waals surface area contributed by atoms with Crippen molar-refractivity contribution in [3.63, 3.8) is 0 Å². The van der Waals surface area contributed by atoms with Gasteiger partial charge in [-0.05, 0) is 22.3 Å². The topological polar surface area (TPSA) is 30.7 Å². The highest BCUT2D eigenvalue weighted by Crippen LogP contribution is 2.36. The Labute approximate surface area is 154 Å². The number of fused-ring (bicyclic) bond motifs is 5. The molecule has 6 rings (SSSR count). The maximum absolute atomic E-state index is 13.4. The largest absolute Gasteiger partial charge is 0.455 e. The van der Waals surface area contributed by atoms with E-state index in [1.807, 2.05) is 24.3 Å². The van der Waals surface area contributed by atoms with Crippen LogP contribution in [0, 0.1) is 5.92 Å². The molecule has 26 heavy (non-hydrogen) atoms. The highest BCUT2D eigenvalue weighted by Gasteiger charge is 2.41. The van der Waals surface area contributed by atoms with Gasteiger partial charge in [0.25, 0.3) is 0 Å². The molecule has 0 aromatic heterocycles. The highest BCUT2D eigenvalue weighted by molar-refractivity contribution is 5.89. The molecule has 1 N–H and O–H groups in total. The molecule has 3 nitrogen and oxygen atoms in total. The van der Waals surface area contributed by atoms with Crippen molar-refractivity contribution in [2.75, 3.05) is 19.6 Å². The lowest BCUT2D eigenvalue weighted by Gasteiger charge is -2.41. The minimum Gasteiger partial charge on any atom is -0.455 e. The lowest BCUT2D eigenvalue weighted by Crippen LogP contribution is -3.16. The Morgan fingerprint density at radius 2 is 1.46 bits per heavy atom. The van der Waals surface area contributed by atoms with Crippen molar-refractivity contribution < 1.29 is 14.4 Å². The van der Waals surface area contributed by atoms with Crippen molar-refractivity contribution in [1.29, 1.82) is 0 Å². The minimum absolute atomic E-state index is 0.0792. The number of piperidine rings is 3. The number of carbonyl (C=O) groups is 1. The van der Waals surface area contributed by atoms with E-state index in [1.165, 1.54) is 25.9 Å². The van der Waals surface area contributed by atoms with Crippen LogP contribution >= 0.6 is 0 Å². The number of hydrogen-bond acceptors (Lipinski definition) is 2. The van der Waals surface area contributed by atoms with Crippen LogP contribution in [-0.4, -0.2) is 31.7 Å². The predicted molar refractivity (Wildman–Crippen MR) is 102 cm³/mol. The number of hydrogen-bond donors (Lipinski definition) is 1. The van der Waals surface area contributed by atoms with Crippen LogP contribution in [0.4, 0.5) is 0 Å². The summed E-state index contributed by atoms with van der Waals surface area (Å²) in [6.07, 6.45) is 6.68. The molecule has 0 spiro atoms. The molecule has 3 heterocycles.